The van der Waals surface area contributed by atoms with Crippen LogP contribution < -0.4 is 0 Å². The molecule has 0 fully saturated rings. The lowest BCUT2D eigenvalue weighted by molar-refractivity contribution is -0.138. The number of alkyl halides is 3. The molecule has 0 spiro atoms. The van der Waals surface area contributed by atoms with E-state index >= 15 is 0 Å². The van der Waals surface area contributed by atoms with Crippen molar-refractivity contribution in [1.82, 2.24) is 10.2 Å². The number of aliphatic hydroxyl groups excluding tert-OH is 1. The monoisotopic (exact) mass is 290 g/mol. The molecule has 2 rings (SSSR count). The maximum Gasteiger partial charge on any atom is 0.416 e. The zero-order valence-corrected chi connectivity index (χ0v) is 10.5. The molecule has 1 N–H and O–H groups in total. The molecule has 0 saturated heterocycles. The van der Waals surface area contributed by atoms with Gasteiger partial charge in [-0.15, -0.1) is 10.2 Å². The third kappa shape index (κ3) is 3.27. The SMILES string of the molecule is Cc1nnc(Sc2ccc(CO)c(C(F)(F)F)c2)o1. The summed E-state index contributed by atoms with van der Waals surface area (Å²) >= 11 is 0.936. The summed E-state index contributed by atoms with van der Waals surface area (Å²) in [5, 5.41) is 16.4. The summed E-state index contributed by atoms with van der Waals surface area (Å²) in [6.07, 6.45) is -4.51. The highest BCUT2D eigenvalue weighted by atomic mass is 32.2. The van der Waals surface area contributed by atoms with Gasteiger partial charge in [0, 0.05) is 11.8 Å². The molecule has 1 aromatic heterocycles. The topological polar surface area (TPSA) is 59.2 Å². The van der Waals surface area contributed by atoms with Gasteiger partial charge in [-0.05, 0) is 29.5 Å². The third-order valence-corrected chi connectivity index (χ3v) is 3.10. The van der Waals surface area contributed by atoms with E-state index in [1.165, 1.54) is 12.1 Å². The van der Waals surface area contributed by atoms with Crippen LogP contribution in [0.25, 0.3) is 0 Å². The van der Waals surface area contributed by atoms with Crippen LogP contribution in [0.1, 0.15) is 17.0 Å². The van der Waals surface area contributed by atoms with Gasteiger partial charge in [-0.25, -0.2) is 0 Å². The number of rotatable bonds is 3. The fourth-order valence-corrected chi connectivity index (χ4v) is 2.20. The highest BCUT2D eigenvalue weighted by molar-refractivity contribution is 7.99. The first-order valence-corrected chi connectivity index (χ1v) is 6.00. The summed E-state index contributed by atoms with van der Waals surface area (Å²) in [6, 6.07) is 3.65. The van der Waals surface area contributed by atoms with E-state index in [1.807, 2.05) is 0 Å². The Bertz CT molecular complexity index is 584. The molecule has 0 saturated carbocycles. The maximum absolute atomic E-state index is 12.8. The van der Waals surface area contributed by atoms with Crippen LogP contribution in [0.15, 0.2) is 32.7 Å². The Balaban J connectivity index is 2.32. The third-order valence-electron chi connectivity index (χ3n) is 2.27. The van der Waals surface area contributed by atoms with Crippen LogP contribution in [0.5, 0.6) is 0 Å². The van der Waals surface area contributed by atoms with E-state index in [9.17, 15) is 13.2 Å². The highest BCUT2D eigenvalue weighted by Crippen LogP contribution is 2.36. The van der Waals surface area contributed by atoms with Crippen LogP contribution in [0.3, 0.4) is 0 Å². The first kappa shape index (κ1) is 13.9. The number of hydrogen-bond donors (Lipinski definition) is 1. The van der Waals surface area contributed by atoms with Gasteiger partial charge in [0.2, 0.25) is 5.89 Å². The molecule has 4 nitrogen and oxygen atoms in total. The van der Waals surface area contributed by atoms with Gasteiger partial charge in [-0.2, -0.15) is 13.2 Å². The van der Waals surface area contributed by atoms with Gasteiger partial charge in [-0.3, -0.25) is 0 Å². The largest absolute Gasteiger partial charge is 0.416 e. The summed E-state index contributed by atoms with van der Waals surface area (Å²) in [6.45, 7) is 0.923. The second-order valence-corrected chi connectivity index (χ2v) is 4.69. The lowest BCUT2D eigenvalue weighted by atomic mass is 10.1. The fraction of sp³-hybridized carbons (Fsp3) is 0.273. The minimum atomic E-state index is -4.51. The highest BCUT2D eigenvalue weighted by Gasteiger charge is 2.33. The van der Waals surface area contributed by atoms with Crippen molar-refractivity contribution < 1.29 is 22.7 Å². The summed E-state index contributed by atoms with van der Waals surface area (Å²) in [4.78, 5) is 0.313. The second-order valence-electron chi connectivity index (χ2n) is 3.66. The van der Waals surface area contributed by atoms with Crippen LogP contribution in [-0.4, -0.2) is 15.3 Å². The van der Waals surface area contributed by atoms with E-state index in [1.54, 1.807) is 6.92 Å². The summed E-state index contributed by atoms with van der Waals surface area (Å²) in [5.41, 5.74) is -1.03. The first-order valence-electron chi connectivity index (χ1n) is 5.19. The molecule has 0 aliphatic carbocycles. The Kier molecular flexibility index (Phi) is 3.81. The molecule has 19 heavy (non-hydrogen) atoms. The summed E-state index contributed by atoms with van der Waals surface area (Å²) in [5.74, 6) is 0.338. The molecule has 0 atom stereocenters. The van der Waals surface area contributed by atoms with E-state index in [0.717, 1.165) is 17.8 Å². The average molecular weight is 290 g/mol. The number of hydrogen-bond acceptors (Lipinski definition) is 5. The van der Waals surface area contributed by atoms with Gasteiger partial charge < -0.3 is 9.52 Å². The normalized spacial score (nSPS) is 11.8. The van der Waals surface area contributed by atoms with Crippen molar-refractivity contribution in [2.75, 3.05) is 0 Å². The minimum Gasteiger partial charge on any atom is -0.416 e. The van der Waals surface area contributed by atoms with E-state index < -0.39 is 18.3 Å². The van der Waals surface area contributed by atoms with Gasteiger partial charge in [0.25, 0.3) is 5.22 Å². The van der Waals surface area contributed by atoms with Crippen molar-refractivity contribution in [2.45, 2.75) is 29.8 Å². The van der Waals surface area contributed by atoms with Crippen molar-refractivity contribution in [3.63, 3.8) is 0 Å². The Labute approximate surface area is 110 Å². The Hall–Kier alpha value is -1.54. The first-order chi connectivity index (χ1) is 8.90. The van der Waals surface area contributed by atoms with Crippen molar-refractivity contribution >= 4 is 11.8 Å². The molecule has 1 aromatic carbocycles. The quantitative estimate of drug-likeness (QED) is 0.941. The average Bonchev–Trinajstić information content (AvgIpc) is 2.73. The fourth-order valence-electron chi connectivity index (χ4n) is 1.44. The Morgan fingerprint density at radius 2 is 2.05 bits per heavy atom. The van der Waals surface area contributed by atoms with Crippen LogP contribution in [0, 0.1) is 6.92 Å². The predicted octanol–water partition coefficient (Wildman–Crippen LogP) is 3.04. The van der Waals surface area contributed by atoms with Crippen molar-refractivity contribution in [3.05, 3.63) is 35.2 Å². The van der Waals surface area contributed by atoms with Gasteiger partial charge in [-0.1, -0.05) is 6.07 Å². The molecule has 2 aromatic rings. The second kappa shape index (κ2) is 5.22. The molecular weight excluding hydrogens is 281 g/mol. The molecule has 102 valence electrons. The van der Waals surface area contributed by atoms with Crippen molar-refractivity contribution in [1.29, 1.82) is 0 Å². The molecule has 0 bridgehead atoms. The number of halogens is 3. The van der Waals surface area contributed by atoms with E-state index in [4.69, 9.17) is 9.52 Å². The number of aliphatic hydroxyl groups is 1. The Morgan fingerprint density at radius 3 is 2.58 bits per heavy atom. The molecule has 0 aliphatic heterocycles. The zero-order chi connectivity index (χ0) is 14.0. The molecule has 1 heterocycles. The molecule has 8 heteroatoms. The molecule has 0 aliphatic rings. The lowest BCUT2D eigenvalue weighted by Crippen LogP contribution is -2.09. The van der Waals surface area contributed by atoms with Crippen LogP contribution in [0.2, 0.25) is 0 Å². The number of aromatic nitrogens is 2. The van der Waals surface area contributed by atoms with E-state index in [0.29, 0.717) is 10.8 Å². The Morgan fingerprint density at radius 1 is 1.32 bits per heavy atom. The van der Waals surface area contributed by atoms with E-state index in [2.05, 4.69) is 10.2 Å². The summed E-state index contributed by atoms with van der Waals surface area (Å²) < 4.78 is 43.4. The van der Waals surface area contributed by atoms with Crippen molar-refractivity contribution in [3.8, 4) is 0 Å². The van der Waals surface area contributed by atoms with Crippen LogP contribution >= 0.6 is 11.8 Å². The minimum absolute atomic E-state index is 0.168. The van der Waals surface area contributed by atoms with Crippen LogP contribution in [0.4, 0.5) is 13.2 Å². The number of benzene rings is 1. The van der Waals surface area contributed by atoms with Gasteiger partial charge in [0.15, 0.2) is 0 Å². The van der Waals surface area contributed by atoms with Gasteiger partial charge >= 0.3 is 6.18 Å². The van der Waals surface area contributed by atoms with Crippen LogP contribution in [-0.2, 0) is 12.8 Å². The molecule has 0 amide bonds. The smallest absolute Gasteiger partial charge is 0.416 e. The molecule has 0 unspecified atom stereocenters. The maximum atomic E-state index is 12.8. The summed E-state index contributed by atoms with van der Waals surface area (Å²) in [7, 11) is 0. The van der Waals surface area contributed by atoms with E-state index in [-0.39, 0.29) is 10.8 Å². The van der Waals surface area contributed by atoms with Gasteiger partial charge in [0.1, 0.15) is 0 Å². The van der Waals surface area contributed by atoms with Crippen molar-refractivity contribution in [2.24, 2.45) is 0 Å². The number of nitrogens with zero attached hydrogens (tertiary/aromatic N) is 2. The zero-order valence-electron chi connectivity index (χ0n) is 9.73. The molecule has 0 radical (unpaired) electrons. The number of aryl methyl sites for hydroxylation is 1. The predicted molar refractivity (Wildman–Crippen MR) is 60.5 cm³/mol. The standard InChI is InChI=1S/C11H9F3N2O2S/c1-6-15-16-10(18-6)19-8-3-2-7(5-17)9(4-8)11(12,13)14/h2-4,17H,5H2,1H3. The molecular formula is C11H9F3N2O2S. The van der Waals surface area contributed by atoms with Gasteiger partial charge in [0.05, 0.1) is 12.2 Å². The lowest BCUT2D eigenvalue weighted by Gasteiger charge is -2.12.